The van der Waals surface area contributed by atoms with Crippen LogP contribution in [0.4, 0.5) is 0 Å². The number of nitrogens with zero attached hydrogens (tertiary/aromatic N) is 2. The van der Waals surface area contributed by atoms with E-state index in [4.69, 9.17) is 4.42 Å². The highest BCUT2D eigenvalue weighted by atomic mass is 16.3. The molecule has 6 nitrogen and oxygen atoms in total. The van der Waals surface area contributed by atoms with Crippen LogP contribution in [0.1, 0.15) is 31.9 Å². The molecule has 0 aliphatic carbocycles. The SMILES string of the molecule is CN=C(NCCC(=O)N1CCCC(C)C1)NCCc1ccco1. The molecule has 6 heteroatoms. The number of nitrogens with one attached hydrogen (secondary N) is 2. The van der Waals surface area contributed by atoms with Crippen LogP contribution in [0, 0.1) is 5.92 Å². The van der Waals surface area contributed by atoms with Gasteiger partial charge in [-0.1, -0.05) is 6.92 Å². The van der Waals surface area contributed by atoms with Gasteiger partial charge in [-0.05, 0) is 30.9 Å². The molecule has 1 amide bonds. The van der Waals surface area contributed by atoms with Crippen molar-refractivity contribution in [1.29, 1.82) is 0 Å². The van der Waals surface area contributed by atoms with Crippen molar-refractivity contribution in [3.8, 4) is 0 Å². The smallest absolute Gasteiger partial charge is 0.224 e. The van der Waals surface area contributed by atoms with Crippen LogP contribution in [0.5, 0.6) is 0 Å². The van der Waals surface area contributed by atoms with Gasteiger partial charge in [-0.25, -0.2) is 0 Å². The Kier molecular flexibility index (Phi) is 6.97. The van der Waals surface area contributed by atoms with E-state index in [2.05, 4.69) is 22.5 Å². The Morgan fingerprint density at radius 3 is 2.96 bits per heavy atom. The van der Waals surface area contributed by atoms with Gasteiger partial charge in [-0.2, -0.15) is 0 Å². The van der Waals surface area contributed by atoms with E-state index >= 15 is 0 Å². The zero-order valence-electron chi connectivity index (χ0n) is 14.2. The van der Waals surface area contributed by atoms with Gasteiger partial charge in [0.05, 0.1) is 6.26 Å². The lowest BCUT2D eigenvalue weighted by molar-refractivity contribution is -0.132. The molecular formula is C17H28N4O2. The van der Waals surface area contributed by atoms with Crippen LogP contribution in [-0.2, 0) is 11.2 Å². The Hall–Kier alpha value is -1.98. The summed E-state index contributed by atoms with van der Waals surface area (Å²) >= 11 is 0. The summed E-state index contributed by atoms with van der Waals surface area (Å²) in [6.07, 6.45) is 5.34. The number of hydrogen-bond acceptors (Lipinski definition) is 3. The largest absolute Gasteiger partial charge is 0.469 e. The Morgan fingerprint density at radius 1 is 1.43 bits per heavy atom. The number of carbonyl (C=O) groups is 1. The highest BCUT2D eigenvalue weighted by molar-refractivity contribution is 5.81. The number of hydrogen-bond donors (Lipinski definition) is 2. The Bertz CT molecular complexity index is 499. The van der Waals surface area contributed by atoms with Crippen molar-refractivity contribution >= 4 is 11.9 Å². The molecule has 1 unspecified atom stereocenters. The number of aliphatic imine (C=N–C) groups is 1. The van der Waals surface area contributed by atoms with Gasteiger partial charge in [0.1, 0.15) is 5.76 Å². The number of carbonyl (C=O) groups excluding carboxylic acids is 1. The third kappa shape index (κ3) is 5.96. The molecule has 1 aliphatic rings. The molecule has 128 valence electrons. The van der Waals surface area contributed by atoms with Crippen molar-refractivity contribution in [2.45, 2.75) is 32.6 Å². The van der Waals surface area contributed by atoms with Crippen molar-refractivity contribution in [3.63, 3.8) is 0 Å². The van der Waals surface area contributed by atoms with Gasteiger partial charge in [0, 0.05) is 46.1 Å². The molecule has 0 aromatic carbocycles. The summed E-state index contributed by atoms with van der Waals surface area (Å²) in [6, 6.07) is 3.84. The summed E-state index contributed by atoms with van der Waals surface area (Å²) in [4.78, 5) is 18.4. The first-order valence-electron chi connectivity index (χ1n) is 8.43. The van der Waals surface area contributed by atoms with Crippen molar-refractivity contribution < 1.29 is 9.21 Å². The van der Waals surface area contributed by atoms with Crippen molar-refractivity contribution in [2.24, 2.45) is 10.9 Å². The summed E-state index contributed by atoms with van der Waals surface area (Å²) in [6.45, 7) is 5.35. The molecule has 0 spiro atoms. The van der Waals surface area contributed by atoms with Crippen molar-refractivity contribution in [3.05, 3.63) is 24.2 Å². The fourth-order valence-corrected chi connectivity index (χ4v) is 2.84. The maximum Gasteiger partial charge on any atom is 0.224 e. The van der Waals surface area contributed by atoms with Gasteiger partial charge in [0.15, 0.2) is 5.96 Å². The summed E-state index contributed by atoms with van der Waals surface area (Å²) in [5.41, 5.74) is 0. The van der Waals surface area contributed by atoms with Gasteiger partial charge < -0.3 is 20.0 Å². The molecule has 1 atom stereocenters. The number of rotatable bonds is 6. The zero-order chi connectivity index (χ0) is 16.5. The summed E-state index contributed by atoms with van der Waals surface area (Å²) < 4.78 is 5.29. The third-order valence-corrected chi connectivity index (χ3v) is 4.11. The monoisotopic (exact) mass is 320 g/mol. The molecule has 2 rings (SSSR count). The summed E-state index contributed by atoms with van der Waals surface area (Å²) in [5.74, 6) is 2.52. The van der Waals surface area contributed by atoms with E-state index in [9.17, 15) is 4.79 Å². The second-order valence-electron chi connectivity index (χ2n) is 6.09. The minimum atomic E-state index is 0.232. The predicted octanol–water partition coefficient (Wildman–Crippen LogP) is 1.64. The second-order valence-corrected chi connectivity index (χ2v) is 6.09. The average Bonchev–Trinajstić information content (AvgIpc) is 3.06. The van der Waals surface area contributed by atoms with Crippen molar-refractivity contribution in [1.82, 2.24) is 15.5 Å². The molecule has 0 saturated carbocycles. The van der Waals surface area contributed by atoms with Gasteiger partial charge in [0.2, 0.25) is 5.91 Å². The molecule has 2 N–H and O–H groups in total. The first-order chi connectivity index (χ1) is 11.2. The number of piperidine rings is 1. The molecule has 0 bridgehead atoms. The molecule has 1 aromatic heterocycles. The topological polar surface area (TPSA) is 69.9 Å². The molecule has 2 heterocycles. The quantitative estimate of drug-likeness (QED) is 0.617. The predicted molar refractivity (Wildman–Crippen MR) is 91.4 cm³/mol. The van der Waals surface area contributed by atoms with Gasteiger partial charge in [-0.15, -0.1) is 0 Å². The van der Waals surface area contributed by atoms with Gasteiger partial charge in [-0.3, -0.25) is 9.79 Å². The van der Waals surface area contributed by atoms with Crippen LogP contribution < -0.4 is 10.6 Å². The number of furan rings is 1. The minimum Gasteiger partial charge on any atom is -0.469 e. The van der Waals surface area contributed by atoms with E-state index < -0.39 is 0 Å². The van der Waals surface area contributed by atoms with Crippen LogP contribution in [-0.4, -0.2) is 50.0 Å². The lowest BCUT2D eigenvalue weighted by atomic mass is 10.00. The molecular weight excluding hydrogens is 292 g/mol. The maximum atomic E-state index is 12.2. The lowest BCUT2D eigenvalue weighted by Crippen LogP contribution is -2.42. The minimum absolute atomic E-state index is 0.232. The molecule has 0 radical (unpaired) electrons. The van der Waals surface area contributed by atoms with Crippen LogP contribution in [0.15, 0.2) is 27.8 Å². The van der Waals surface area contributed by atoms with Crippen LogP contribution in [0.3, 0.4) is 0 Å². The molecule has 1 fully saturated rings. The van der Waals surface area contributed by atoms with Crippen LogP contribution in [0.2, 0.25) is 0 Å². The van der Waals surface area contributed by atoms with E-state index in [1.165, 1.54) is 6.42 Å². The molecule has 23 heavy (non-hydrogen) atoms. The number of likely N-dealkylation sites (tertiary alicyclic amines) is 1. The molecule has 1 saturated heterocycles. The van der Waals surface area contributed by atoms with E-state index in [1.54, 1.807) is 13.3 Å². The van der Waals surface area contributed by atoms with Gasteiger partial charge >= 0.3 is 0 Å². The number of guanidine groups is 1. The second kappa shape index (κ2) is 9.22. The summed E-state index contributed by atoms with van der Waals surface area (Å²) in [7, 11) is 1.73. The van der Waals surface area contributed by atoms with Crippen molar-refractivity contribution in [2.75, 3.05) is 33.2 Å². The average molecular weight is 320 g/mol. The van der Waals surface area contributed by atoms with Crippen LogP contribution >= 0.6 is 0 Å². The van der Waals surface area contributed by atoms with E-state index in [-0.39, 0.29) is 5.91 Å². The lowest BCUT2D eigenvalue weighted by Gasteiger charge is -2.31. The molecule has 1 aliphatic heterocycles. The Morgan fingerprint density at radius 2 is 2.26 bits per heavy atom. The third-order valence-electron chi connectivity index (χ3n) is 4.11. The fraction of sp³-hybridized carbons (Fsp3) is 0.647. The van der Waals surface area contributed by atoms with E-state index in [0.29, 0.717) is 18.9 Å². The Balaban J connectivity index is 1.62. The first-order valence-corrected chi connectivity index (χ1v) is 8.43. The zero-order valence-corrected chi connectivity index (χ0v) is 14.2. The maximum absolute atomic E-state index is 12.2. The standard InChI is InChI=1S/C17H28N4O2/c1-14-5-3-11-21(13-14)16(22)8-10-20-17(18-2)19-9-7-15-6-4-12-23-15/h4,6,12,14H,3,5,7-11,13H2,1-2H3,(H2,18,19,20). The Labute approximate surface area is 138 Å². The van der Waals surface area contributed by atoms with E-state index in [1.807, 2.05) is 17.0 Å². The van der Waals surface area contributed by atoms with E-state index in [0.717, 1.165) is 44.2 Å². The van der Waals surface area contributed by atoms with Crippen LogP contribution in [0.25, 0.3) is 0 Å². The normalized spacial score (nSPS) is 18.8. The fourth-order valence-electron chi connectivity index (χ4n) is 2.84. The summed E-state index contributed by atoms with van der Waals surface area (Å²) in [5, 5.41) is 6.41. The number of amides is 1. The molecule has 1 aromatic rings. The first kappa shape index (κ1) is 17.4. The highest BCUT2D eigenvalue weighted by Crippen LogP contribution is 2.15. The highest BCUT2D eigenvalue weighted by Gasteiger charge is 2.20. The van der Waals surface area contributed by atoms with Gasteiger partial charge in [0.25, 0.3) is 0 Å².